The fraction of sp³-hybridized carbons (Fsp3) is 0.200. The highest BCUT2D eigenvalue weighted by atomic mass is 16.7. The van der Waals surface area contributed by atoms with E-state index < -0.39 is 0 Å². The second-order valence-electron chi connectivity index (χ2n) is 4.64. The molecule has 0 spiro atoms. The molecule has 0 saturated carbocycles. The van der Waals surface area contributed by atoms with Gasteiger partial charge in [0.1, 0.15) is 5.58 Å². The van der Waals surface area contributed by atoms with Gasteiger partial charge in [-0.2, -0.15) is 0 Å². The standard InChI is InChI=1S/C15H12O6/c1-17-11-3-7-8-4-12-14(20-6-19-12)15(18-2)13(8)21-10(7)5-9(11)16/h3-5,16H,6H2,1-2H3. The molecule has 108 valence electrons. The highest BCUT2D eigenvalue weighted by molar-refractivity contribution is 6.09. The molecule has 3 aromatic rings. The van der Waals surface area contributed by atoms with Crippen molar-refractivity contribution in [2.24, 2.45) is 0 Å². The van der Waals surface area contributed by atoms with E-state index in [0.717, 1.165) is 10.8 Å². The molecule has 0 bridgehead atoms. The topological polar surface area (TPSA) is 70.3 Å². The van der Waals surface area contributed by atoms with Gasteiger partial charge in [-0.15, -0.1) is 0 Å². The normalized spacial score (nSPS) is 13.0. The third-order valence-corrected chi connectivity index (χ3v) is 3.56. The van der Waals surface area contributed by atoms with E-state index >= 15 is 0 Å². The van der Waals surface area contributed by atoms with E-state index in [0.29, 0.717) is 34.2 Å². The maximum Gasteiger partial charge on any atom is 0.231 e. The summed E-state index contributed by atoms with van der Waals surface area (Å²) in [6.07, 6.45) is 0. The first-order valence-electron chi connectivity index (χ1n) is 6.32. The Hall–Kier alpha value is -2.76. The quantitative estimate of drug-likeness (QED) is 0.781. The van der Waals surface area contributed by atoms with E-state index in [1.54, 1.807) is 13.2 Å². The molecule has 0 radical (unpaired) electrons. The van der Waals surface area contributed by atoms with Crippen molar-refractivity contribution in [3.05, 3.63) is 18.2 Å². The van der Waals surface area contributed by atoms with E-state index in [-0.39, 0.29) is 12.5 Å². The Labute approximate surface area is 119 Å². The fourth-order valence-electron chi connectivity index (χ4n) is 2.60. The van der Waals surface area contributed by atoms with Crippen LogP contribution in [0.1, 0.15) is 0 Å². The molecular formula is C15H12O6. The van der Waals surface area contributed by atoms with Gasteiger partial charge >= 0.3 is 0 Å². The summed E-state index contributed by atoms with van der Waals surface area (Å²) in [5, 5.41) is 11.5. The lowest BCUT2D eigenvalue weighted by molar-refractivity contribution is 0.171. The minimum Gasteiger partial charge on any atom is -0.504 e. The van der Waals surface area contributed by atoms with Gasteiger partial charge in [-0.3, -0.25) is 0 Å². The van der Waals surface area contributed by atoms with Crippen LogP contribution in [0.3, 0.4) is 0 Å². The Morgan fingerprint density at radius 2 is 1.90 bits per heavy atom. The van der Waals surface area contributed by atoms with Crippen LogP contribution >= 0.6 is 0 Å². The van der Waals surface area contributed by atoms with Crippen LogP contribution in [0.15, 0.2) is 22.6 Å². The molecule has 0 fully saturated rings. The van der Waals surface area contributed by atoms with Crippen molar-refractivity contribution in [1.82, 2.24) is 0 Å². The van der Waals surface area contributed by atoms with E-state index in [9.17, 15) is 5.11 Å². The van der Waals surface area contributed by atoms with Gasteiger partial charge in [0.15, 0.2) is 22.8 Å². The third-order valence-electron chi connectivity index (χ3n) is 3.56. The zero-order chi connectivity index (χ0) is 14.6. The number of fused-ring (bicyclic) bond motifs is 4. The van der Waals surface area contributed by atoms with Crippen LogP contribution in [-0.2, 0) is 0 Å². The lowest BCUT2D eigenvalue weighted by Gasteiger charge is -2.04. The number of benzene rings is 2. The number of hydrogen-bond acceptors (Lipinski definition) is 6. The van der Waals surface area contributed by atoms with Crippen molar-refractivity contribution in [2.75, 3.05) is 21.0 Å². The number of methoxy groups -OCH3 is 2. The van der Waals surface area contributed by atoms with Crippen molar-refractivity contribution < 1.29 is 28.5 Å². The lowest BCUT2D eigenvalue weighted by Crippen LogP contribution is -1.94. The molecular weight excluding hydrogens is 276 g/mol. The third kappa shape index (κ3) is 1.53. The van der Waals surface area contributed by atoms with Crippen molar-refractivity contribution >= 4 is 21.9 Å². The zero-order valence-corrected chi connectivity index (χ0v) is 11.4. The van der Waals surface area contributed by atoms with Crippen molar-refractivity contribution in [2.45, 2.75) is 0 Å². The van der Waals surface area contributed by atoms with Gasteiger partial charge in [-0.1, -0.05) is 0 Å². The van der Waals surface area contributed by atoms with Crippen molar-refractivity contribution in [3.63, 3.8) is 0 Å². The summed E-state index contributed by atoms with van der Waals surface area (Å²) < 4.78 is 27.2. The highest BCUT2D eigenvalue weighted by Crippen LogP contribution is 2.49. The minimum absolute atomic E-state index is 0.0167. The van der Waals surface area contributed by atoms with Gasteiger partial charge in [0.2, 0.25) is 18.3 Å². The summed E-state index contributed by atoms with van der Waals surface area (Å²) in [4.78, 5) is 0. The zero-order valence-electron chi connectivity index (χ0n) is 11.4. The van der Waals surface area contributed by atoms with E-state index in [4.69, 9.17) is 23.4 Å². The Balaban J connectivity index is 2.14. The Kier molecular flexibility index (Phi) is 2.35. The number of ether oxygens (including phenoxy) is 4. The molecule has 6 nitrogen and oxygen atoms in total. The first-order valence-corrected chi connectivity index (χ1v) is 6.32. The average Bonchev–Trinajstić information content (AvgIpc) is 3.07. The van der Waals surface area contributed by atoms with Crippen LogP contribution in [0.5, 0.6) is 28.7 Å². The van der Waals surface area contributed by atoms with Gasteiger partial charge < -0.3 is 28.5 Å². The number of aromatic hydroxyl groups is 1. The molecule has 2 heterocycles. The van der Waals surface area contributed by atoms with Crippen LogP contribution in [-0.4, -0.2) is 26.1 Å². The minimum atomic E-state index is 0.0167. The largest absolute Gasteiger partial charge is 0.504 e. The Bertz CT molecular complexity index is 864. The SMILES string of the molecule is COc1cc2c(cc1O)oc1c(OC)c3c(cc12)OCO3. The number of phenols is 1. The molecule has 0 amide bonds. The van der Waals surface area contributed by atoms with E-state index in [2.05, 4.69) is 0 Å². The monoisotopic (exact) mass is 288 g/mol. The molecule has 0 atom stereocenters. The summed E-state index contributed by atoms with van der Waals surface area (Å²) >= 11 is 0. The number of rotatable bonds is 2. The highest BCUT2D eigenvalue weighted by Gasteiger charge is 2.26. The maximum absolute atomic E-state index is 9.86. The lowest BCUT2D eigenvalue weighted by atomic mass is 10.1. The van der Waals surface area contributed by atoms with Gasteiger partial charge in [-0.05, 0) is 12.1 Å². The number of furan rings is 1. The summed E-state index contributed by atoms with van der Waals surface area (Å²) in [5.74, 6) is 2.01. The molecule has 0 saturated heterocycles. The molecule has 21 heavy (non-hydrogen) atoms. The molecule has 1 aliphatic heterocycles. The smallest absolute Gasteiger partial charge is 0.231 e. The van der Waals surface area contributed by atoms with Crippen LogP contribution < -0.4 is 18.9 Å². The second kappa shape index (κ2) is 4.12. The van der Waals surface area contributed by atoms with Gasteiger partial charge in [0.05, 0.1) is 14.2 Å². The molecule has 1 aromatic heterocycles. The molecule has 6 heteroatoms. The molecule has 1 N–H and O–H groups in total. The summed E-state index contributed by atoms with van der Waals surface area (Å²) in [7, 11) is 3.04. The van der Waals surface area contributed by atoms with Crippen LogP contribution in [0.2, 0.25) is 0 Å². The maximum atomic E-state index is 9.86. The molecule has 1 aliphatic rings. The van der Waals surface area contributed by atoms with Crippen LogP contribution in [0.25, 0.3) is 21.9 Å². The first kappa shape index (κ1) is 12.0. The number of phenolic OH excluding ortho intramolecular Hbond substituents is 1. The molecule has 2 aromatic carbocycles. The van der Waals surface area contributed by atoms with Crippen molar-refractivity contribution in [1.29, 1.82) is 0 Å². The predicted molar refractivity (Wildman–Crippen MR) is 74.6 cm³/mol. The molecule has 0 aliphatic carbocycles. The van der Waals surface area contributed by atoms with Crippen LogP contribution in [0, 0.1) is 0 Å². The van der Waals surface area contributed by atoms with E-state index in [1.807, 2.05) is 6.07 Å². The van der Waals surface area contributed by atoms with Gasteiger partial charge in [0, 0.05) is 16.8 Å². The van der Waals surface area contributed by atoms with E-state index in [1.165, 1.54) is 13.2 Å². The Morgan fingerprint density at radius 3 is 2.67 bits per heavy atom. The predicted octanol–water partition coefficient (Wildman–Crippen LogP) is 3.04. The summed E-state index contributed by atoms with van der Waals surface area (Å²) in [5.41, 5.74) is 1.08. The summed E-state index contributed by atoms with van der Waals surface area (Å²) in [6, 6.07) is 5.07. The number of hydrogen-bond donors (Lipinski definition) is 1. The second-order valence-corrected chi connectivity index (χ2v) is 4.64. The van der Waals surface area contributed by atoms with Crippen molar-refractivity contribution in [3.8, 4) is 28.7 Å². The summed E-state index contributed by atoms with van der Waals surface area (Å²) in [6.45, 7) is 0.153. The molecule has 4 rings (SSSR count). The van der Waals surface area contributed by atoms with Gasteiger partial charge in [-0.25, -0.2) is 0 Å². The molecule has 0 unspecified atom stereocenters. The first-order chi connectivity index (χ1) is 10.2. The Morgan fingerprint density at radius 1 is 1.05 bits per heavy atom. The van der Waals surface area contributed by atoms with Gasteiger partial charge in [0.25, 0.3) is 0 Å². The van der Waals surface area contributed by atoms with Crippen LogP contribution in [0.4, 0.5) is 0 Å². The average molecular weight is 288 g/mol. The fourth-order valence-corrected chi connectivity index (χ4v) is 2.60.